The second-order valence-electron chi connectivity index (χ2n) is 7.02. The molecule has 2 bridgehead atoms. The maximum absolute atomic E-state index is 10.4. The van der Waals surface area contributed by atoms with Crippen molar-refractivity contribution in [2.75, 3.05) is 0 Å². The van der Waals surface area contributed by atoms with Crippen molar-refractivity contribution in [3.8, 4) is 6.07 Å². The van der Waals surface area contributed by atoms with Crippen LogP contribution in [0.3, 0.4) is 0 Å². The van der Waals surface area contributed by atoms with Crippen molar-refractivity contribution in [1.29, 1.82) is 5.26 Å². The molecule has 2 aromatic rings. The molecule has 2 saturated carbocycles. The predicted molar refractivity (Wildman–Crippen MR) is 88.3 cm³/mol. The normalized spacial score (nSPS) is 26.8. The van der Waals surface area contributed by atoms with Crippen LogP contribution in [-0.2, 0) is 5.41 Å². The molecular formula is C21H21N. The first-order chi connectivity index (χ1) is 10.8. The van der Waals surface area contributed by atoms with Gasteiger partial charge < -0.3 is 0 Å². The molecular weight excluding hydrogens is 266 g/mol. The van der Waals surface area contributed by atoms with Crippen LogP contribution in [0.15, 0.2) is 60.7 Å². The van der Waals surface area contributed by atoms with E-state index in [1.165, 1.54) is 43.2 Å². The van der Waals surface area contributed by atoms with Gasteiger partial charge in [0.15, 0.2) is 0 Å². The average Bonchev–Trinajstić information content (AvgIpc) is 3.20. The Morgan fingerprint density at radius 2 is 1.36 bits per heavy atom. The summed E-state index contributed by atoms with van der Waals surface area (Å²) in [5.41, 5.74) is 1.97. The van der Waals surface area contributed by atoms with E-state index in [-0.39, 0.29) is 5.41 Å². The van der Waals surface area contributed by atoms with Crippen LogP contribution in [0.4, 0.5) is 0 Å². The van der Waals surface area contributed by atoms with Gasteiger partial charge in [0, 0.05) is 0 Å². The largest absolute Gasteiger partial charge is 0.197 e. The Bertz CT molecular complexity index is 648. The van der Waals surface area contributed by atoms with E-state index in [0.717, 1.165) is 5.92 Å². The van der Waals surface area contributed by atoms with Crippen LogP contribution in [0, 0.1) is 22.7 Å². The summed E-state index contributed by atoms with van der Waals surface area (Å²) in [7, 11) is 0. The van der Waals surface area contributed by atoms with Gasteiger partial charge in [-0.3, -0.25) is 0 Å². The Kier molecular flexibility index (Phi) is 3.08. The third-order valence-corrected chi connectivity index (χ3v) is 6.12. The molecule has 0 aliphatic heterocycles. The SMILES string of the molecule is N#CC(c1ccccc1)(c1ccccc1)C12CCC(CC1)C2. The van der Waals surface area contributed by atoms with Crippen LogP contribution in [0.25, 0.3) is 0 Å². The van der Waals surface area contributed by atoms with E-state index in [1.807, 2.05) is 12.1 Å². The molecule has 0 N–H and O–H groups in total. The number of nitrogens with zero attached hydrogens (tertiary/aromatic N) is 1. The lowest BCUT2D eigenvalue weighted by atomic mass is 9.56. The van der Waals surface area contributed by atoms with Crippen molar-refractivity contribution in [2.24, 2.45) is 11.3 Å². The molecule has 4 rings (SSSR count). The van der Waals surface area contributed by atoms with Crippen molar-refractivity contribution < 1.29 is 0 Å². The Hall–Kier alpha value is -2.07. The highest BCUT2D eigenvalue weighted by atomic mass is 14.6. The predicted octanol–water partition coefficient (Wildman–Crippen LogP) is 5.08. The van der Waals surface area contributed by atoms with Gasteiger partial charge in [-0.05, 0) is 54.6 Å². The molecule has 0 radical (unpaired) electrons. The van der Waals surface area contributed by atoms with Gasteiger partial charge in [0.25, 0.3) is 0 Å². The number of nitriles is 1. The van der Waals surface area contributed by atoms with Gasteiger partial charge in [-0.2, -0.15) is 5.26 Å². The quantitative estimate of drug-likeness (QED) is 0.772. The van der Waals surface area contributed by atoms with Gasteiger partial charge >= 0.3 is 0 Å². The summed E-state index contributed by atoms with van der Waals surface area (Å²) in [6.07, 6.45) is 6.18. The molecule has 1 nitrogen and oxygen atoms in total. The Morgan fingerprint density at radius 1 is 0.864 bits per heavy atom. The van der Waals surface area contributed by atoms with Crippen LogP contribution in [0.1, 0.15) is 43.2 Å². The molecule has 0 aromatic heterocycles. The standard InChI is InChI=1S/C21H21N/c22-16-21(18-7-3-1-4-8-18,19-9-5-2-6-10-19)20-13-11-17(15-20)12-14-20/h1-10,17H,11-15H2. The minimum Gasteiger partial charge on any atom is -0.197 e. The summed E-state index contributed by atoms with van der Waals surface area (Å²) >= 11 is 0. The number of fused-ring (bicyclic) bond motifs is 2. The van der Waals surface area contributed by atoms with Gasteiger partial charge in [-0.25, -0.2) is 0 Å². The first-order valence-corrected chi connectivity index (χ1v) is 8.33. The van der Waals surface area contributed by atoms with E-state index in [1.54, 1.807) is 0 Å². The maximum atomic E-state index is 10.4. The number of hydrogen-bond donors (Lipinski definition) is 0. The molecule has 22 heavy (non-hydrogen) atoms. The molecule has 0 heterocycles. The summed E-state index contributed by atoms with van der Waals surface area (Å²) in [5.74, 6) is 0.833. The highest BCUT2D eigenvalue weighted by Crippen LogP contribution is 2.64. The summed E-state index contributed by atoms with van der Waals surface area (Å²) in [6.45, 7) is 0. The van der Waals surface area contributed by atoms with E-state index < -0.39 is 5.41 Å². The number of benzene rings is 2. The van der Waals surface area contributed by atoms with Crippen molar-refractivity contribution in [1.82, 2.24) is 0 Å². The van der Waals surface area contributed by atoms with Crippen LogP contribution >= 0.6 is 0 Å². The average molecular weight is 287 g/mol. The van der Waals surface area contributed by atoms with Crippen LogP contribution in [-0.4, -0.2) is 0 Å². The third kappa shape index (κ3) is 1.70. The van der Waals surface area contributed by atoms with Gasteiger partial charge in [-0.1, -0.05) is 60.7 Å². The van der Waals surface area contributed by atoms with Gasteiger partial charge in [-0.15, -0.1) is 0 Å². The van der Waals surface area contributed by atoms with Gasteiger partial charge in [0.1, 0.15) is 5.41 Å². The first-order valence-electron chi connectivity index (χ1n) is 8.33. The van der Waals surface area contributed by atoms with Crippen molar-refractivity contribution >= 4 is 0 Å². The summed E-state index contributed by atoms with van der Waals surface area (Å²) in [4.78, 5) is 0. The van der Waals surface area contributed by atoms with Crippen LogP contribution < -0.4 is 0 Å². The maximum Gasteiger partial charge on any atom is 0.113 e. The third-order valence-electron chi connectivity index (χ3n) is 6.12. The molecule has 0 spiro atoms. The van der Waals surface area contributed by atoms with E-state index in [9.17, 15) is 5.26 Å². The lowest BCUT2D eigenvalue weighted by molar-refractivity contribution is 0.204. The summed E-state index contributed by atoms with van der Waals surface area (Å²) in [6, 6.07) is 23.8. The van der Waals surface area contributed by atoms with Crippen LogP contribution in [0.2, 0.25) is 0 Å². The molecule has 0 atom stereocenters. The first kappa shape index (κ1) is 13.6. The fourth-order valence-electron chi connectivity index (χ4n) is 5.12. The monoisotopic (exact) mass is 287 g/mol. The topological polar surface area (TPSA) is 23.8 Å². The minimum atomic E-state index is -0.499. The minimum absolute atomic E-state index is 0.120. The lowest BCUT2D eigenvalue weighted by Crippen LogP contribution is -2.43. The molecule has 1 heteroatoms. The molecule has 2 aliphatic rings. The fourth-order valence-corrected chi connectivity index (χ4v) is 5.12. The number of rotatable bonds is 3. The van der Waals surface area contributed by atoms with Crippen molar-refractivity contribution in [3.63, 3.8) is 0 Å². The Labute approximate surface area is 132 Å². The zero-order chi connectivity index (χ0) is 15.0. The molecule has 2 aromatic carbocycles. The second-order valence-corrected chi connectivity index (χ2v) is 7.02. The van der Waals surface area contributed by atoms with E-state index in [0.29, 0.717) is 0 Å². The van der Waals surface area contributed by atoms with E-state index in [2.05, 4.69) is 54.6 Å². The second kappa shape index (κ2) is 4.99. The molecule has 0 unspecified atom stereocenters. The molecule has 2 aliphatic carbocycles. The highest BCUT2D eigenvalue weighted by Gasteiger charge is 2.59. The lowest BCUT2D eigenvalue weighted by Gasteiger charge is -2.44. The van der Waals surface area contributed by atoms with Gasteiger partial charge in [0.2, 0.25) is 0 Å². The smallest absolute Gasteiger partial charge is 0.113 e. The van der Waals surface area contributed by atoms with E-state index >= 15 is 0 Å². The van der Waals surface area contributed by atoms with Crippen molar-refractivity contribution in [2.45, 2.75) is 37.5 Å². The van der Waals surface area contributed by atoms with Crippen LogP contribution in [0.5, 0.6) is 0 Å². The van der Waals surface area contributed by atoms with Crippen molar-refractivity contribution in [3.05, 3.63) is 71.8 Å². The molecule has 110 valence electrons. The van der Waals surface area contributed by atoms with Gasteiger partial charge in [0.05, 0.1) is 6.07 Å². The summed E-state index contributed by atoms with van der Waals surface area (Å²) < 4.78 is 0. The zero-order valence-electron chi connectivity index (χ0n) is 12.8. The highest BCUT2D eigenvalue weighted by molar-refractivity contribution is 5.50. The Morgan fingerprint density at radius 3 is 1.73 bits per heavy atom. The zero-order valence-corrected chi connectivity index (χ0v) is 12.8. The Balaban J connectivity index is 1.98. The fraction of sp³-hybridized carbons (Fsp3) is 0.381. The summed E-state index contributed by atoms with van der Waals surface area (Å²) in [5, 5.41) is 10.4. The van der Waals surface area contributed by atoms with E-state index in [4.69, 9.17) is 0 Å². The molecule has 2 fully saturated rings. The number of hydrogen-bond acceptors (Lipinski definition) is 1. The molecule has 0 saturated heterocycles. The molecule has 0 amide bonds.